The van der Waals surface area contributed by atoms with Crippen molar-refractivity contribution in [3.05, 3.63) is 70.4 Å². The summed E-state index contributed by atoms with van der Waals surface area (Å²) in [5, 5.41) is 11.4. The molecule has 26 heavy (non-hydrogen) atoms. The molecule has 1 aromatic carbocycles. The number of fused-ring (bicyclic) bond motifs is 1. The number of urea groups is 1. The number of amides is 2. The number of pyridine rings is 1. The molecule has 0 saturated carbocycles. The highest BCUT2D eigenvalue weighted by molar-refractivity contribution is 5.84. The molecule has 7 nitrogen and oxygen atoms in total. The predicted octanol–water partition coefficient (Wildman–Crippen LogP) is 2.05. The first-order chi connectivity index (χ1) is 12.7. The van der Waals surface area contributed by atoms with Crippen molar-refractivity contribution in [1.29, 1.82) is 0 Å². The van der Waals surface area contributed by atoms with Crippen molar-refractivity contribution >= 4 is 16.8 Å². The average Bonchev–Trinajstić information content (AvgIpc) is 2.68. The highest BCUT2D eigenvalue weighted by Gasteiger charge is 2.11. The molecule has 0 fully saturated rings. The van der Waals surface area contributed by atoms with E-state index >= 15 is 0 Å². The zero-order chi connectivity index (χ0) is 18.4. The minimum atomic E-state index is -0.247. The highest BCUT2D eigenvalue weighted by Crippen LogP contribution is 2.13. The summed E-state index contributed by atoms with van der Waals surface area (Å²) in [4.78, 5) is 28.6. The number of carbonyl (C=O) groups excluding carboxylic acids is 1. The van der Waals surface area contributed by atoms with Gasteiger partial charge in [0.15, 0.2) is 0 Å². The zero-order valence-electron chi connectivity index (χ0n) is 14.6. The largest absolute Gasteiger partial charge is 0.338 e. The molecular weight excluding hydrogens is 330 g/mol. The van der Waals surface area contributed by atoms with Gasteiger partial charge in [0.05, 0.1) is 24.2 Å². The van der Waals surface area contributed by atoms with Crippen molar-refractivity contribution in [2.45, 2.75) is 26.4 Å². The molecule has 0 aliphatic heterocycles. The molecule has 0 saturated heterocycles. The zero-order valence-corrected chi connectivity index (χ0v) is 14.6. The molecule has 2 aromatic heterocycles. The van der Waals surface area contributed by atoms with Gasteiger partial charge >= 0.3 is 6.03 Å². The SMILES string of the molecule is CCCNC(=O)NCc1nn(Cc2cccnc2)c(=O)c2ccccc12. The van der Waals surface area contributed by atoms with Crippen LogP contribution in [0.15, 0.2) is 53.6 Å². The molecule has 2 heterocycles. The molecule has 7 heteroatoms. The summed E-state index contributed by atoms with van der Waals surface area (Å²) in [6, 6.07) is 10.8. The van der Waals surface area contributed by atoms with Crippen molar-refractivity contribution in [3.63, 3.8) is 0 Å². The monoisotopic (exact) mass is 351 g/mol. The van der Waals surface area contributed by atoms with Crippen molar-refractivity contribution in [1.82, 2.24) is 25.4 Å². The molecule has 0 aliphatic rings. The second-order valence-corrected chi connectivity index (χ2v) is 5.93. The molecule has 0 unspecified atom stereocenters. The van der Waals surface area contributed by atoms with Gasteiger partial charge in [-0.25, -0.2) is 9.48 Å². The lowest BCUT2D eigenvalue weighted by Gasteiger charge is -2.12. The normalized spacial score (nSPS) is 10.7. The van der Waals surface area contributed by atoms with Crippen LogP contribution in [0.2, 0.25) is 0 Å². The van der Waals surface area contributed by atoms with E-state index < -0.39 is 0 Å². The second kappa shape index (κ2) is 8.24. The van der Waals surface area contributed by atoms with Crippen LogP contribution in [0.4, 0.5) is 4.79 Å². The van der Waals surface area contributed by atoms with E-state index in [9.17, 15) is 9.59 Å². The Labute approximate surface area is 151 Å². The van der Waals surface area contributed by atoms with Crippen LogP contribution in [0.5, 0.6) is 0 Å². The molecular formula is C19H21N5O2. The van der Waals surface area contributed by atoms with Crippen LogP contribution in [-0.2, 0) is 13.1 Å². The molecule has 134 valence electrons. The molecule has 0 radical (unpaired) electrons. The Balaban J connectivity index is 1.92. The topological polar surface area (TPSA) is 88.9 Å². The summed E-state index contributed by atoms with van der Waals surface area (Å²) >= 11 is 0. The van der Waals surface area contributed by atoms with Gasteiger partial charge in [-0.3, -0.25) is 9.78 Å². The summed E-state index contributed by atoms with van der Waals surface area (Å²) < 4.78 is 1.42. The van der Waals surface area contributed by atoms with Crippen LogP contribution < -0.4 is 16.2 Å². The Bertz CT molecular complexity index is 953. The summed E-state index contributed by atoms with van der Waals surface area (Å²) in [6.07, 6.45) is 4.26. The maximum Gasteiger partial charge on any atom is 0.315 e. The van der Waals surface area contributed by atoms with Gasteiger partial charge in [0, 0.05) is 24.3 Å². The van der Waals surface area contributed by atoms with E-state index in [1.54, 1.807) is 18.5 Å². The standard InChI is InChI=1S/C19H21N5O2/c1-2-9-21-19(26)22-12-17-15-7-3-4-8-16(15)18(25)24(23-17)13-14-6-5-10-20-11-14/h3-8,10-11H,2,9,12-13H2,1H3,(H2,21,22,26). The lowest BCUT2D eigenvalue weighted by atomic mass is 10.1. The van der Waals surface area contributed by atoms with Gasteiger partial charge in [-0.1, -0.05) is 31.2 Å². The number of nitrogens with zero attached hydrogens (tertiary/aromatic N) is 3. The molecule has 0 spiro atoms. The summed E-state index contributed by atoms with van der Waals surface area (Å²) in [5.74, 6) is 0. The third kappa shape index (κ3) is 4.05. The molecule has 3 aromatic rings. The summed E-state index contributed by atoms with van der Waals surface area (Å²) in [5.41, 5.74) is 1.37. The molecule has 3 rings (SSSR count). The fraction of sp³-hybridized carbons (Fsp3) is 0.263. The quantitative estimate of drug-likeness (QED) is 0.711. The van der Waals surface area contributed by atoms with Crippen LogP contribution in [0.25, 0.3) is 10.8 Å². The Morgan fingerprint density at radius 3 is 2.65 bits per heavy atom. The predicted molar refractivity (Wildman–Crippen MR) is 99.9 cm³/mol. The maximum absolute atomic E-state index is 12.7. The van der Waals surface area contributed by atoms with Crippen molar-refractivity contribution < 1.29 is 4.79 Å². The lowest BCUT2D eigenvalue weighted by Crippen LogP contribution is -2.36. The van der Waals surface area contributed by atoms with Gasteiger partial charge in [-0.05, 0) is 24.1 Å². The first-order valence-corrected chi connectivity index (χ1v) is 8.58. The first kappa shape index (κ1) is 17.6. The van der Waals surface area contributed by atoms with Gasteiger partial charge in [0.1, 0.15) is 0 Å². The van der Waals surface area contributed by atoms with Crippen LogP contribution in [0.3, 0.4) is 0 Å². The van der Waals surface area contributed by atoms with Crippen LogP contribution in [0, 0.1) is 0 Å². The van der Waals surface area contributed by atoms with E-state index in [1.807, 2.05) is 37.3 Å². The Morgan fingerprint density at radius 1 is 1.12 bits per heavy atom. The molecule has 0 aliphatic carbocycles. The minimum Gasteiger partial charge on any atom is -0.338 e. The van der Waals surface area contributed by atoms with Gasteiger partial charge in [0.2, 0.25) is 0 Å². The van der Waals surface area contributed by atoms with E-state index in [1.165, 1.54) is 4.68 Å². The smallest absolute Gasteiger partial charge is 0.315 e. The van der Waals surface area contributed by atoms with Crippen LogP contribution >= 0.6 is 0 Å². The number of hydrogen-bond acceptors (Lipinski definition) is 4. The molecule has 2 amide bonds. The van der Waals surface area contributed by atoms with Gasteiger partial charge in [-0.15, -0.1) is 0 Å². The van der Waals surface area contributed by atoms with E-state index in [4.69, 9.17) is 0 Å². The molecule has 0 atom stereocenters. The average molecular weight is 351 g/mol. The fourth-order valence-electron chi connectivity index (χ4n) is 2.67. The van der Waals surface area contributed by atoms with Gasteiger partial charge in [-0.2, -0.15) is 5.10 Å². The van der Waals surface area contributed by atoms with Gasteiger partial charge < -0.3 is 10.6 Å². The lowest BCUT2D eigenvalue weighted by molar-refractivity contribution is 0.240. The Kier molecular flexibility index (Phi) is 5.58. The minimum absolute atomic E-state index is 0.163. The summed E-state index contributed by atoms with van der Waals surface area (Å²) in [7, 11) is 0. The number of benzene rings is 1. The molecule has 0 bridgehead atoms. The summed E-state index contributed by atoms with van der Waals surface area (Å²) in [6.45, 7) is 3.17. The molecule has 2 N–H and O–H groups in total. The van der Waals surface area contributed by atoms with E-state index in [0.717, 1.165) is 17.4 Å². The first-order valence-electron chi connectivity index (χ1n) is 8.58. The highest BCUT2D eigenvalue weighted by atomic mass is 16.2. The van der Waals surface area contributed by atoms with Crippen molar-refractivity contribution in [3.8, 4) is 0 Å². The number of rotatable bonds is 6. The fourth-order valence-corrected chi connectivity index (χ4v) is 2.67. The van der Waals surface area contributed by atoms with E-state index in [2.05, 4.69) is 20.7 Å². The van der Waals surface area contributed by atoms with Crippen molar-refractivity contribution in [2.75, 3.05) is 6.54 Å². The number of nitrogens with one attached hydrogen (secondary N) is 2. The number of aromatic nitrogens is 3. The van der Waals surface area contributed by atoms with Crippen LogP contribution in [-0.4, -0.2) is 27.3 Å². The third-order valence-electron chi connectivity index (χ3n) is 3.95. The van der Waals surface area contributed by atoms with Crippen molar-refractivity contribution in [2.24, 2.45) is 0 Å². The Morgan fingerprint density at radius 2 is 1.92 bits per heavy atom. The number of hydrogen-bond donors (Lipinski definition) is 2. The maximum atomic E-state index is 12.7. The van der Waals surface area contributed by atoms with E-state index in [-0.39, 0.29) is 18.1 Å². The van der Waals surface area contributed by atoms with E-state index in [0.29, 0.717) is 24.2 Å². The Hall–Kier alpha value is -3.22. The third-order valence-corrected chi connectivity index (χ3v) is 3.95. The number of carbonyl (C=O) groups is 1. The second-order valence-electron chi connectivity index (χ2n) is 5.93. The van der Waals surface area contributed by atoms with Gasteiger partial charge in [0.25, 0.3) is 5.56 Å². The van der Waals surface area contributed by atoms with Crippen LogP contribution in [0.1, 0.15) is 24.6 Å².